The van der Waals surface area contributed by atoms with Crippen LogP contribution < -0.4 is 14.8 Å². The van der Waals surface area contributed by atoms with Crippen LogP contribution in [0.5, 0.6) is 10.9 Å². The minimum Gasteiger partial charge on any atom is -0.481 e. The predicted octanol–water partition coefficient (Wildman–Crippen LogP) is 3.82. The fraction of sp³-hybridized carbons (Fsp3) is 0.680. The maximum Gasteiger partial charge on any atom is 0.278 e. The molecule has 36 heavy (non-hydrogen) atoms. The van der Waals surface area contributed by atoms with E-state index < -0.39 is 12.5 Å². The van der Waals surface area contributed by atoms with Crippen LogP contribution in [0.25, 0.3) is 0 Å². The van der Waals surface area contributed by atoms with Crippen LogP contribution in [-0.2, 0) is 17.6 Å². The second kappa shape index (κ2) is 12.2. The van der Waals surface area contributed by atoms with Gasteiger partial charge in [-0.25, -0.2) is 23.7 Å². The highest BCUT2D eigenvalue weighted by Gasteiger charge is 2.26. The van der Waals surface area contributed by atoms with Gasteiger partial charge in [-0.1, -0.05) is 11.3 Å². The van der Waals surface area contributed by atoms with Crippen molar-refractivity contribution in [2.45, 2.75) is 70.8 Å². The molecule has 0 radical (unpaired) electrons. The van der Waals surface area contributed by atoms with Crippen LogP contribution in [0.3, 0.4) is 0 Å². The van der Waals surface area contributed by atoms with Gasteiger partial charge in [-0.05, 0) is 57.9 Å². The number of carbonyl (C=O) groups excluding carboxylic acids is 1. The molecule has 1 N–H and O–H groups in total. The molecule has 2 aromatic rings. The van der Waals surface area contributed by atoms with Gasteiger partial charge in [0, 0.05) is 37.4 Å². The molecule has 4 rings (SSSR count). The first-order valence-electron chi connectivity index (χ1n) is 12.7. The zero-order chi connectivity index (χ0) is 25.5. The molecule has 1 fully saturated rings. The van der Waals surface area contributed by atoms with E-state index in [1.165, 1.54) is 11.3 Å². The Bertz CT molecular complexity index is 965. The van der Waals surface area contributed by atoms with Crippen molar-refractivity contribution < 1.29 is 23.0 Å². The van der Waals surface area contributed by atoms with E-state index in [-0.39, 0.29) is 18.6 Å². The summed E-state index contributed by atoms with van der Waals surface area (Å²) < 4.78 is 36.7. The molecule has 0 spiro atoms. The molecule has 2 aliphatic rings. The highest BCUT2D eigenvalue weighted by atomic mass is 32.1. The van der Waals surface area contributed by atoms with E-state index in [1.807, 2.05) is 0 Å². The van der Waals surface area contributed by atoms with Crippen molar-refractivity contribution in [1.82, 2.24) is 25.2 Å². The van der Waals surface area contributed by atoms with Gasteiger partial charge < -0.3 is 19.7 Å². The first kappa shape index (κ1) is 26.7. The van der Waals surface area contributed by atoms with E-state index in [0.717, 1.165) is 82.1 Å². The summed E-state index contributed by atoms with van der Waals surface area (Å²) >= 11 is 1.40. The number of rotatable bonds is 10. The van der Waals surface area contributed by atoms with Gasteiger partial charge in [0.15, 0.2) is 19.0 Å². The van der Waals surface area contributed by atoms with Gasteiger partial charge in [-0.15, -0.1) is 0 Å². The summed E-state index contributed by atoms with van der Waals surface area (Å²) in [5.74, 6) is -1.13. The molecular weight excluding hydrogens is 488 g/mol. The molecule has 1 amide bonds. The summed E-state index contributed by atoms with van der Waals surface area (Å²) in [5, 5.41) is 3.45. The fourth-order valence-corrected chi connectivity index (χ4v) is 5.64. The Morgan fingerprint density at radius 2 is 1.89 bits per heavy atom. The zero-order valence-electron chi connectivity index (χ0n) is 21.0. The summed E-state index contributed by atoms with van der Waals surface area (Å²) in [6.45, 7) is 4.92. The highest BCUT2D eigenvalue weighted by molar-refractivity contribution is 7.13. The van der Waals surface area contributed by atoms with E-state index in [9.17, 15) is 13.6 Å². The largest absolute Gasteiger partial charge is 0.481 e. The van der Waals surface area contributed by atoms with Crippen molar-refractivity contribution in [3.63, 3.8) is 0 Å². The van der Waals surface area contributed by atoms with Crippen molar-refractivity contribution in [2.75, 3.05) is 32.8 Å². The summed E-state index contributed by atoms with van der Waals surface area (Å²) in [7, 11) is 0. The number of fused-ring (bicyclic) bond motifs is 1. The van der Waals surface area contributed by atoms with Gasteiger partial charge in [0.2, 0.25) is 0 Å². The third-order valence-electron chi connectivity index (χ3n) is 6.72. The van der Waals surface area contributed by atoms with E-state index in [2.05, 4.69) is 25.2 Å². The van der Waals surface area contributed by atoms with Crippen molar-refractivity contribution in [1.29, 1.82) is 0 Å². The Labute approximate surface area is 214 Å². The van der Waals surface area contributed by atoms with E-state index in [1.54, 1.807) is 19.3 Å². The molecule has 1 aliphatic heterocycles. The predicted molar refractivity (Wildman–Crippen MR) is 133 cm³/mol. The van der Waals surface area contributed by atoms with E-state index in [0.29, 0.717) is 22.7 Å². The van der Waals surface area contributed by atoms with Crippen molar-refractivity contribution in [3.8, 4) is 10.9 Å². The second-order valence-corrected chi connectivity index (χ2v) is 10.9. The van der Waals surface area contributed by atoms with Crippen LogP contribution in [0.1, 0.15) is 55.4 Å². The van der Waals surface area contributed by atoms with Crippen molar-refractivity contribution in [2.24, 2.45) is 5.92 Å². The van der Waals surface area contributed by atoms with Crippen LogP contribution in [0.4, 0.5) is 8.78 Å². The number of aryl methyl sites for hydroxylation is 1. The Hall–Kier alpha value is -2.40. The van der Waals surface area contributed by atoms with E-state index in [4.69, 9.17) is 9.47 Å². The number of nitrogens with zero attached hydrogens (tertiary/aromatic N) is 4. The summed E-state index contributed by atoms with van der Waals surface area (Å²) in [6, 6.07) is 0.205. The molecule has 0 atom stereocenters. The number of amides is 1. The molecule has 198 valence electrons. The van der Waals surface area contributed by atoms with Gasteiger partial charge in [-0.2, -0.15) is 0 Å². The Morgan fingerprint density at radius 1 is 1.17 bits per heavy atom. The van der Waals surface area contributed by atoms with Gasteiger partial charge in [0.25, 0.3) is 17.0 Å². The molecule has 8 nitrogen and oxygen atoms in total. The lowest BCUT2D eigenvalue weighted by Crippen LogP contribution is -2.40. The lowest BCUT2D eigenvalue weighted by molar-refractivity contribution is -0.124. The molecule has 0 unspecified atom stereocenters. The van der Waals surface area contributed by atoms with Crippen LogP contribution in [0.2, 0.25) is 0 Å². The quantitative estimate of drug-likeness (QED) is 0.506. The Kier molecular flexibility index (Phi) is 9.05. The zero-order valence-corrected chi connectivity index (χ0v) is 21.8. The van der Waals surface area contributed by atoms with Crippen LogP contribution in [0, 0.1) is 12.8 Å². The van der Waals surface area contributed by atoms with Gasteiger partial charge in [-0.3, -0.25) is 4.79 Å². The molecular formula is C25H35F2N5O3S. The molecule has 11 heteroatoms. The summed E-state index contributed by atoms with van der Waals surface area (Å²) in [4.78, 5) is 28.5. The maximum atomic E-state index is 13.0. The standard InChI is InChI=1S/C25H35F2N5O3S/c1-17-28-13-20(14-29-17)34-15-23(33)30-19-5-3-18(4-6-19)7-10-32-11-8-21-22(9-12-32)36-24(31-21)35-16-25(2,26)27/h13-14,18-19H,3-12,15-16H2,1-2H3,(H,30,33). The molecule has 1 saturated carbocycles. The number of hydrogen-bond acceptors (Lipinski definition) is 8. The first-order chi connectivity index (χ1) is 17.2. The average Bonchev–Trinajstić information content (AvgIpc) is 3.15. The van der Waals surface area contributed by atoms with Gasteiger partial charge >= 0.3 is 0 Å². The van der Waals surface area contributed by atoms with Gasteiger partial charge in [0.1, 0.15) is 5.82 Å². The summed E-state index contributed by atoms with van der Waals surface area (Å²) in [5.41, 5.74) is 0.993. The number of nitrogens with one attached hydrogen (secondary N) is 1. The summed E-state index contributed by atoms with van der Waals surface area (Å²) in [6.07, 6.45) is 10.2. The van der Waals surface area contributed by atoms with E-state index >= 15 is 0 Å². The van der Waals surface area contributed by atoms with Crippen LogP contribution in [0.15, 0.2) is 12.4 Å². The Balaban J connectivity index is 1.11. The third-order valence-corrected chi connectivity index (χ3v) is 7.79. The number of halogens is 2. The number of hydrogen-bond donors (Lipinski definition) is 1. The smallest absolute Gasteiger partial charge is 0.278 e. The minimum atomic E-state index is -2.85. The molecule has 3 heterocycles. The lowest BCUT2D eigenvalue weighted by atomic mass is 9.84. The number of alkyl halides is 2. The molecule has 0 aromatic carbocycles. The second-order valence-electron chi connectivity index (χ2n) is 9.88. The maximum absolute atomic E-state index is 13.0. The van der Waals surface area contributed by atoms with Gasteiger partial charge in [0.05, 0.1) is 18.1 Å². The van der Waals surface area contributed by atoms with Crippen LogP contribution >= 0.6 is 11.3 Å². The first-order valence-corrected chi connectivity index (χ1v) is 13.5. The number of carbonyl (C=O) groups is 1. The molecule has 2 aromatic heterocycles. The normalized spacial score (nSPS) is 20.9. The number of ether oxygens (including phenoxy) is 2. The number of thiazole rings is 1. The monoisotopic (exact) mass is 523 g/mol. The lowest BCUT2D eigenvalue weighted by Gasteiger charge is -2.30. The highest BCUT2D eigenvalue weighted by Crippen LogP contribution is 2.30. The van der Waals surface area contributed by atoms with Crippen molar-refractivity contribution in [3.05, 3.63) is 28.8 Å². The van der Waals surface area contributed by atoms with Crippen molar-refractivity contribution >= 4 is 17.2 Å². The fourth-order valence-electron chi connectivity index (χ4n) is 4.69. The molecule has 1 aliphatic carbocycles. The average molecular weight is 524 g/mol. The molecule has 0 saturated heterocycles. The Morgan fingerprint density at radius 3 is 2.61 bits per heavy atom. The SMILES string of the molecule is Cc1ncc(OCC(=O)NC2CCC(CCN3CCc4nc(OCC(C)(F)F)sc4CC3)CC2)cn1. The molecule has 0 bridgehead atoms. The van der Waals surface area contributed by atoms with Crippen LogP contribution in [-0.4, -0.2) is 70.6 Å². The minimum absolute atomic E-state index is 0.0274. The topological polar surface area (TPSA) is 89.5 Å². The number of aromatic nitrogens is 3. The third kappa shape index (κ3) is 8.33.